The van der Waals surface area contributed by atoms with Gasteiger partial charge in [0, 0.05) is 30.9 Å². The first kappa shape index (κ1) is 16.5. The Morgan fingerprint density at radius 3 is 2.85 bits per heavy atom. The summed E-state index contributed by atoms with van der Waals surface area (Å²) in [5, 5.41) is 8.28. The summed E-state index contributed by atoms with van der Waals surface area (Å²) in [6.07, 6.45) is 1.90. The fourth-order valence-electron chi connectivity index (χ4n) is 3.36. The number of ether oxygens (including phenoxy) is 1. The minimum Gasteiger partial charge on any atom is -0.370 e. The van der Waals surface area contributed by atoms with E-state index in [1.807, 2.05) is 19.1 Å². The minimum atomic E-state index is -0.827. The number of Topliss-reactive ketones (excluding diaryl/α,β-unsaturated/α-hetero) is 1. The van der Waals surface area contributed by atoms with Gasteiger partial charge in [0.05, 0.1) is 5.69 Å². The van der Waals surface area contributed by atoms with E-state index >= 15 is 0 Å². The van der Waals surface area contributed by atoms with E-state index < -0.39 is 11.5 Å². The fraction of sp³-hybridized carbons (Fsp3) is 0.263. The van der Waals surface area contributed by atoms with Crippen molar-refractivity contribution < 1.29 is 13.9 Å². The van der Waals surface area contributed by atoms with E-state index in [9.17, 15) is 9.18 Å². The van der Waals surface area contributed by atoms with Gasteiger partial charge in [-0.2, -0.15) is 4.39 Å². The van der Waals surface area contributed by atoms with E-state index in [0.29, 0.717) is 23.4 Å². The maximum absolute atomic E-state index is 14.0. The van der Waals surface area contributed by atoms with Crippen LogP contribution in [0.1, 0.15) is 28.5 Å². The van der Waals surface area contributed by atoms with Crippen LogP contribution >= 0.6 is 0 Å². The predicted molar refractivity (Wildman–Crippen MR) is 92.7 cm³/mol. The third-order valence-corrected chi connectivity index (χ3v) is 4.94. The van der Waals surface area contributed by atoms with E-state index in [1.54, 1.807) is 32.2 Å². The van der Waals surface area contributed by atoms with Crippen LogP contribution in [0.4, 0.5) is 4.39 Å². The number of benzene rings is 1. The molecule has 0 unspecified atom stereocenters. The van der Waals surface area contributed by atoms with Crippen LogP contribution in [-0.2, 0) is 11.2 Å². The highest BCUT2D eigenvalue weighted by Crippen LogP contribution is 2.35. The number of pyridine rings is 1. The van der Waals surface area contributed by atoms with Gasteiger partial charge in [-0.1, -0.05) is 17.3 Å². The Morgan fingerprint density at radius 1 is 1.31 bits per heavy atom. The molecule has 0 N–H and O–H groups in total. The lowest BCUT2D eigenvalue weighted by Gasteiger charge is -2.19. The highest BCUT2D eigenvalue weighted by atomic mass is 19.1. The summed E-state index contributed by atoms with van der Waals surface area (Å²) >= 11 is 0. The van der Waals surface area contributed by atoms with Gasteiger partial charge in [-0.15, -0.1) is 5.10 Å². The van der Waals surface area contributed by atoms with E-state index in [0.717, 1.165) is 11.1 Å². The molecule has 4 rings (SSSR count). The van der Waals surface area contributed by atoms with Crippen molar-refractivity contribution in [3.8, 4) is 16.9 Å². The standard InChI is InChI=1S/C19H17FN4O2/c1-11-16(22-23-24(11)15-5-4-8-21-18(15)20)12-6-7-14-13(9-12)10-19(2,26-3)17(14)25/h4-9H,10H2,1-3H3/t19-/m0/s1. The Balaban J connectivity index is 1.77. The fourth-order valence-corrected chi connectivity index (χ4v) is 3.36. The summed E-state index contributed by atoms with van der Waals surface area (Å²) in [6.45, 7) is 3.61. The topological polar surface area (TPSA) is 69.9 Å². The smallest absolute Gasteiger partial charge is 0.238 e. The number of carbonyl (C=O) groups excluding carboxylic acids is 1. The first-order valence-corrected chi connectivity index (χ1v) is 8.21. The number of hydrogen-bond donors (Lipinski definition) is 0. The number of nitrogens with zero attached hydrogens (tertiary/aromatic N) is 4. The van der Waals surface area contributed by atoms with Gasteiger partial charge in [-0.3, -0.25) is 4.79 Å². The molecule has 0 radical (unpaired) electrons. The molecule has 0 fully saturated rings. The van der Waals surface area contributed by atoms with Crippen molar-refractivity contribution in [1.29, 1.82) is 0 Å². The van der Waals surface area contributed by atoms with Crippen molar-refractivity contribution in [2.24, 2.45) is 0 Å². The van der Waals surface area contributed by atoms with Gasteiger partial charge in [-0.05, 0) is 37.6 Å². The molecule has 0 saturated carbocycles. The first-order chi connectivity index (χ1) is 12.4. The number of carbonyl (C=O) groups is 1. The monoisotopic (exact) mass is 352 g/mol. The normalized spacial score (nSPS) is 19.0. The van der Waals surface area contributed by atoms with Crippen LogP contribution in [0.2, 0.25) is 0 Å². The maximum atomic E-state index is 14.0. The number of rotatable bonds is 3. The molecular formula is C19H17FN4O2. The Kier molecular flexibility index (Phi) is 3.69. The van der Waals surface area contributed by atoms with Crippen LogP contribution in [0.25, 0.3) is 16.9 Å². The summed E-state index contributed by atoms with van der Waals surface area (Å²) in [5.41, 5.74) is 3.15. The number of methoxy groups -OCH3 is 1. The van der Waals surface area contributed by atoms with E-state index in [-0.39, 0.29) is 11.5 Å². The number of fused-ring (bicyclic) bond motifs is 1. The molecule has 1 aromatic carbocycles. The molecule has 3 aromatic rings. The molecule has 26 heavy (non-hydrogen) atoms. The van der Waals surface area contributed by atoms with Crippen molar-refractivity contribution in [1.82, 2.24) is 20.0 Å². The molecule has 132 valence electrons. The highest BCUT2D eigenvalue weighted by Gasteiger charge is 2.41. The first-order valence-electron chi connectivity index (χ1n) is 8.21. The van der Waals surface area contributed by atoms with Crippen molar-refractivity contribution in [2.45, 2.75) is 25.9 Å². The average Bonchev–Trinajstić information content (AvgIpc) is 3.13. The van der Waals surface area contributed by atoms with E-state index in [4.69, 9.17) is 4.74 Å². The lowest BCUT2D eigenvalue weighted by molar-refractivity contribution is 0.0182. The number of ketones is 1. The highest BCUT2D eigenvalue weighted by molar-refractivity contribution is 6.07. The zero-order valence-electron chi connectivity index (χ0n) is 14.7. The zero-order chi connectivity index (χ0) is 18.5. The van der Waals surface area contributed by atoms with Gasteiger partial charge in [0.15, 0.2) is 5.78 Å². The van der Waals surface area contributed by atoms with Crippen LogP contribution in [-0.4, -0.2) is 38.5 Å². The van der Waals surface area contributed by atoms with Crippen LogP contribution in [0.3, 0.4) is 0 Å². The van der Waals surface area contributed by atoms with Crippen molar-refractivity contribution in [2.75, 3.05) is 7.11 Å². The predicted octanol–water partition coefficient (Wildman–Crippen LogP) is 2.92. The molecule has 7 heteroatoms. The Morgan fingerprint density at radius 2 is 2.12 bits per heavy atom. The second-order valence-corrected chi connectivity index (χ2v) is 6.56. The number of halogens is 1. The third kappa shape index (κ3) is 2.35. The molecule has 2 heterocycles. The maximum Gasteiger partial charge on any atom is 0.238 e. The molecule has 2 aromatic heterocycles. The molecule has 0 spiro atoms. The molecule has 6 nitrogen and oxygen atoms in total. The van der Waals surface area contributed by atoms with Gasteiger partial charge in [-0.25, -0.2) is 9.67 Å². The SMILES string of the molecule is CO[C@@]1(C)Cc2cc(-c3nnn(-c4cccnc4F)c3C)ccc2C1=O. The van der Waals surface area contributed by atoms with Crippen molar-refractivity contribution in [3.63, 3.8) is 0 Å². The molecule has 0 saturated heterocycles. The summed E-state index contributed by atoms with van der Waals surface area (Å²) in [7, 11) is 1.54. The van der Waals surface area contributed by atoms with Crippen LogP contribution in [0, 0.1) is 12.9 Å². The quantitative estimate of drug-likeness (QED) is 0.678. The Bertz CT molecular complexity index is 1030. The second kappa shape index (κ2) is 5.81. The van der Waals surface area contributed by atoms with E-state index in [1.165, 1.54) is 10.9 Å². The minimum absolute atomic E-state index is 0.0145. The summed E-state index contributed by atoms with van der Waals surface area (Å²) in [5.74, 6) is -0.623. The molecule has 0 bridgehead atoms. The molecule has 1 atom stereocenters. The van der Waals surface area contributed by atoms with Gasteiger partial charge in [0.1, 0.15) is 17.0 Å². The average molecular weight is 352 g/mol. The van der Waals surface area contributed by atoms with Crippen LogP contribution < -0.4 is 0 Å². The zero-order valence-corrected chi connectivity index (χ0v) is 14.7. The summed E-state index contributed by atoms with van der Waals surface area (Å²) in [4.78, 5) is 16.1. The van der Waals surface area contributed by atoms with Crippen LogP contribution in [0.15, 0.2) is 36.5 Å². The third-order valence-electron chi connectivity index (χ3n) is 4.94. The molecule has 1 aliphatic carbocycles. The van der Waals surface area contributed by atoms with Crippen LogP contribution in [0.5, 0.6) is 0 Å². The molecule has 1 aliphatic rings. The molecule has 0 aliphatic heterocycles. The number of hydrogen-bond acceptors (Lipinski definition) is 5. The molecular weight excluding hydrogens is 335 g/mol. The van der Waals surface area contributed by atoms with Gasteiger partial charge in [0.2, 0.25) is 5.95 Å². The van der Waals surface area contributed by atoms with Gasteiger partial charge < -0.3 is 4.74 Å². The van der Waals surface area contributed by atoms with E-state index in [2.05, 4.69) is 15.3 Å². The summed E-state index contributed by atoms with van der Waals surface area (Å²) in [6, 6.07) is 8.79. The van der Waals surface area contributed by atoms with Crippen molar-refractivity contribution >= 4 is 5.78 Å². The largest absolute Gasteiger partial charge is 0.370 e. The lowest BCUT2D eigenvalue weighted by Crippen LogP contribution is -2.34. The Hall–Kier alpha value is -2.93. The Labute approximate surface area is 149 Å². The van der Waals surface area contributed by atoms with Crippen molar-refractivity contribution in [3.05, 3.63) is 59.3 Å². The second-order valence-electron chi connectivity index (χ2n) is 6.56. The number of aromatic nitrogens is 4. The van der Waals surface area contributed by atoms with Gasteiger partial charge >= 0.3 is 0 Å². The summed E-state index contributed by atoms with van der Waals surface area (Å²) < 4.78 is 20.8. The van der Waals surface area contributed by atoms with Gasteiger partial charge in [0.25, 0.3) is 0 Å². The lowest BCUT2D eigenvalue weighted by atomic mass is 10.0. The molecule has 0 amide bonds.